The van der Waals surface area contributed by atoms with Crippen molar-refractivity contribution in [3.63, 3.8) is 0 Å². The summed E-state index contributed by atoms with van der Waals surface area (Å²) in [5.41, 5.74) is 0. The van der Waals surface area contributed by atoms with Gasteiger partial charge in [0.15, 0.2) is 0 Å². The van der Waals surface area contributed by atoms with Crippen LogP contribution in [0.2, 0.25) is 0 Å². The van der Waals surface area contributed by atoms with Crippen LogP contribution >= 0.6 is 0 Å². The first-order valence-electron chi connectivity index (χ1n) is 4.57. The zero-order valence-electron chi connectivity index (χ0n) is 6.97. The van der Waals surface area contributed by atoms with Gasteiger partial charge in [-0.15, -0.1) is 0 Å². The Balaban J connectivity index is 2.13. The quantitative estimate of drug-likeness (QED) is 0.608. The molecule has 2 heterocycles. The highest BCUT2D eigenvalue weighted by atomic mass is 16.1. The Hall–Kier alpha value is -0.370. The smallest absolute Gasteiger partial charge is 0.150 e. The lowest BCUT2D eigenvalue weighted by atomic mass is 9.72. The summed E-state index contributed by atoms with van der Waals surface area (Å²) in [5.74, 6) is 1.74. The summed E-state index contributed by atoms with van der Waals surface area (Å²) < 4.78 is 0. The van der Waals surface area contributed by atoms with E-state index in [9.17, 15) is 4.79 Å². The molecule has 2 saturated heterocycles. The first-order chi connectivity index (χ1) is 5.31. The van der Waals surface area contributed by atoms with Gasteiger partial charge in [0.2, 0.25) is 0 Å². The summed E-state index contributed by atoms with van der Waals surface area (Å²) in [6, 6.07) is 0.213. The van der Waals surface area contributed by atoms with Crippen molar-refractivity contribution >= 4 is 5.78 Å². The summed E-state index contributed by atoms with van der Waals surface area (Å²) >= 11 is 0. The number of hydrogen-bond donors (Lipinski definition) is 1. The van der Waals surface area contributed by atoms with E-state index in [0.29, 0.717) is 17.6 Å². The number of hydrogen-bond acceptors (Lipinski definition) is 2. The second-order valence-electron chi connectivity index (χ2n) is 3.83. The number of piperidine rings is 2. The number of carbonyl (C=O) groups is 1. The lowest BCUT2D eigenvalue weighted by Gasteiger charge is -2.41. The molecular formula is C9H15NO. The van der Waals surface area contributed by atoms with E-state index in [1.54, 1.807) is 0 Å². The molecule has 2 nitrogen and oxygen atoms in total. The highest BCUT2D eigenvalue weighted by molar-refractivity contribution is 5.86. The van der Waals surface area contributed by atoms with Gasteiger partial charge in [-0.2, -0.15) is 0 Å². The second-order valence-corrected chi connectivity index (χ2v) is 3.83. The minimum atomic E-state index is 0.213. The molecule has 0 amide bonds. The van der Waals surface area contributed by atoms with Crippen LogP contribution in [0.3, 0.4) is 0 Å². The van der Waals surface area contributed by atoms with Gasteiger partial charge in [0.1, 0.15) is 5.78 Å². The number of ketones is 1. The predicted octanol–water partition coefficient (Wildman–Crippen LogP) is 0.964. The molecule has 1 aliphatic carbocycles. The number of Topliss-reactive ketones (excluding diaryl/α,β-unsaturated/α-hetero) is 1. The van der Waals surface area contributed by atoms with Gasteiger partial charge in [-0.05, 0) is 24.8 Å². The van der Waals surface area contributed by atoms with E-state index in [1.807, 2.05) is 0 Å². The van der Waals surface area contributed by atoms with Crippen molar-refractivity contribution in [1.82, 2.24) is 5.32 Å². The zero-order chi connectivity index (χ0) is 7.84. The zero-order valence-corrected chi connectivity index (χ0v) is 6.97. The van der Waals surface area contributed by atoms with E-state index in [4.69, 9.17) is 0 Å². The average Bonchev–Trinajstić information content (AvgIpc) is 2.04. The van der Waals surface area contributed by atoms with Crippen LogP contribution in [0.4, 0.5) is 0 Å². The highest BCUT2D eigenvalue weighted by Crippen LogP contribution is 2.32. The molecule has 2 bridgehead atoms. The Kier molecular flexibility index (Phi) is 1.72. The Morgan fingerprint density at radius 2 is 2.45 bits per heavy atom. The van der Waals surface area contributed by atoms with Crippen molar-refractivity contribution in [3.05, 3.63) is 0 Å². The molecule has 1 saturated carbocycles. The first-order valence-corrected chi connectivity index (χ1v) is 4.57. The van der Waals surface area contributed by atoms with Gasteiger partial charge >= 0.3 is 0 Å². The van der Waals surface area contributed by atoms with Crippen molar-refractivity contribution in [3.8, 4) is 0 Å². The molecule has 0 aromatic carbocycles. The first kappa shape index (κ1) is 7.29. The van der Waals surface area contributed by atoms with Crippen molar-refractivity contribution in [2.75, 3.05) is 6.54 Å². The molecule has 0 radical (unpaired) electrons. The van der Waals surface area contributed by atoms with Crippen LogP contribution in [0.25, 0.3) is 0 Å². The molecule has 0 aromatic heterocycles. The van der Waals surface area contributed by atoms with E-state index in [1.165, 1.54) is 6.42 Å². The molecule has 11 heavy (non-hydrogen) atoms. The number of nitrogens with one attached hydrogen (secondary N) is 1. The maximum Gasteiger partial charge on any atom is 0.150 e. The number of fused-ring (bicyclic) bond motifs is 3. The fourth-order valence-corrected chi connectivity index (χ4v) is 2.45. The van der Waals surface area contributed by atoms with Gasteiger partial charge in [0.05, 0.1) is 6.04 Å². The Morgan fingerprint density at radius 3 is 2.91 bits per heavy atom. The molecule has 3 fully saturated rings. The van der Waals surface area contributed by atoms with Gasteiger partial charge in [0, 0.05) is 6.42 Å². The van der Waals surface area contributed by atoms with Crippen LogP contribution in [0.15, 0.2) is 0 Å². The fraction of sp³-hybridized carbons (Fsp3) is 0.889. The van der Waals surface area contributed by atoms with Crippen molar-refractivity contribution in [2.45, 2.75) is 32.2 Å². The predicted molar refractivity (Wildman–Crippen MR) is 43.3 cm³/mol. The number of rotatable bonds is 1. The van der Waals surface area contributed by atoms with Crippen LogP contribution in [0.5, 0.6) is 0 Å². The molecule has 2 heteroatoms. The third-order valence-electron chi connectivity index (χ3n) is 3.10. The van der Waals surface area contributed by atoms with Crippen LogP contribution in [0.1, 0.15) is 26.2 Å². The van der Waals surface area contributed by atoms with Gasteiger partial charge in [-0.25, -0.2) is 0 Å². The normalized spacial score (nSPS) is 43.0. The molecule has 62 valence electrons. The summed E-state index contributed by atoms with van der Waals surface area (Å²) in [7, 11) is 0. The van der Waals surface area contributed by atoms with Gasteiger partial charge in [0.25, 0.3) is 0 Å². The largest absolute Gasteiger partial charge is 0.307 e. The standard InChI is InChI=1S/C9H15NO/c1-2-7-3-6-4-8(11)9(7)10-5-6/h6-7,9-10H,2-5H2,1H3/t6-,7+,9+/m0/s1. The molecule has 0 aromatic rings. The summed E-state index contributed by atoms with van der Waals surface area (Å²) in [5, 5.41) is 3.32. The lowest BCUT2D eigenvalue weighted by molar-refractivity contribution is -0.128. The molecule has 0 unspecified atom stereocenters. The minimum Gasteiger partial charge on any atom is -0.307 e. The Bertz CT molecular complexity index is 178. The third-order valence-corrected chi connectivity index (χ3v) is 3.10. The van der Waals surface area contributed by atoms with E-state index in [-0.39, 0.29) is 6.04 Å². The summed E-state index contributed by atoms with van der Waals surface area (Å²) in [4.78, 5) is 11.4. The maximum atomic E-state index is 11.4. The van der Waals surface area contributed by atoms with E-state index in [2.05, 4.69) is 12.2 Å². The molecule has 3 rings (SSSR count). The van der Waals surface area contributed by atoms with Crippen molar-refractivity contribution in [2.24, 2.45) is 11.8 Å². The Morgan fingerprint density at radius 1 is 1.64 bits per heavy atom. The summed E-state index contributed by atoms with van der Waals surface area (Å²) in [6.45, 7) is 3.26. The minimum absolute atomic E-state index is 0.213. The number of carbonyl (C=O) groups excluding carboxylic acids is 1. The van der Waals surface area contributed by atoms with Gasteiger partial charge < -0.3 is 5.32 Å². The van der Waals surface area contributed by atoms with Gasteiger partial charge in [-0.1, -0.05) is 13.3 Å². The second kappa shape index (κ2) is 2.59. The maximum absolute atomic E-state index is 11.4. The van der Waals surface area contributed by atoms with Crippen LogP contribution in [-0.2, 0) is 4.79 Å². The third kappa shape index (κ3) is 1.09. The monoisotopic (exact) mass is 153 g/mol. The Labute approximate surface area is 67.4 Å². The van der Waals surface area contributed by atoms with E-state index >= 15 is 0 Å². The molecule has 3 aliphatic rings. The van der Waals surface area contributed by atoms with Crippen LogP contribution in [0, 0.1) is 11.8 Å². The molecule has 1 N–H and O–H groups in total. The van der Waals surface area contributed by atoms with E-state index < -0.39 is 0 Å². The lowest BCUT2D eigenvalue weighted by Crippen LogP contribution is -2.55. The molecule has 0 spiro atoms. The highest BCUT2D eigenvalue weighted by Gasteiger charge is 2.39. The molecule has 2 aliphatic heterocycles. The van der Waals surface area contributed by atoms with Gasteiger partial charge in [-0.3, -0.25) is 4.79 Å². The topological polar surface area (TPSA) is 29.1 Å². The average molecular weight is 153 g/mol. The molecule has 3 atom stereocenters. The fourth-order valence-electron chi connectivity index (χ4n) is 2.45. The SMILES string of the molecule is CC[C@@H]1C[C@@H]2CN[C@H]1C(=O)C2. The molecular weight excluding hydrogens is 138 g/mol. The van der Waals surface area contributed by atoms with Crippen LogP contribution < -0.4 is 5.32 Å². The van der Waals surface area contributed by atoms with Crippen LogP contribution in [-0.4, -0.2) is 18.4 Å². The summed E-state index contributed by atoms with van der Waals surface area (Å²) in [6.07, 6.45) is 3.27. The van der Waals surface area contributed by atoms with Crippen molar-refractivity contribution < 1.29 is 4.79 Å². The van der Waals surface area contributed by atoms with Crippen molar-refractivity contribution in [1.29, 1.82) is 0 Å². The van der Waals surface area contributed by atoms with E-state index in [0.717, 1.165) is 19.4 Å².